The van der Waals surface area contributed by atoms with E-state index in [9.17, 15) is 34.5 Å². The van der Waals surface area contributed by atoms with E-state index in [-0.39, 0.29) is 37.3 Å². The van der Waals surface area contributed by atoms with Crippen LogP contribution in [0.5, 0.6) is 0 Å². The van der Waals surface area contributed by atoms with Gasteiger partial charge in [0.25, 0.3) is 0 Å². The molecule has 3 rings (SSSR count). The Labute approximate surface area is 307 Å². The van der Waals surface area contributed by atoms with Crippen molar-refractivity contribution in [3.05, 3.63) is 0 Å². The monoisotopic (exact) mass is 742 g/mol. The van der Waals surface area contributed by atoms with Gasteiger partial charge in [0.15, 0.2) is 18.2 Å². The molecule has 0 aliphatic carbocycles. The van der Waals surface area contributed by atoms with Crippen molar-refractivity contribution >= 4 is 29.5 Å². The fourth-order valence-electron chi connectivity index (χ4n) is 7.97. The van der Waals surface area contributed by atoms with Crippen molar-refractivity contribution in [3.63, 3.8) is 0 Å². The molecule has 0 aromatic rings. The number of aliphatic hydroxyl groups is 3. The lowest BCUT2D eigenvalue weighted by Crippen LogP contribution is -2.60. The van der Waals surface area contributed by atoms with Gasteiger partial charge in [0, 0.05) is 30.5 Å². The smallest absolute Gasteiger partial charge is 0.459 e. The number of cyclic esters (lactones) is 3. The summed E-state index contributed by atoms with van der Waals surface area (Å²) in [6.45, 7) is 15.9. The number of carbonyl (C=O) groups is 4. The Kier molecular flexibility index (Phi) is 15.0. The highest BCUT2D eigenvalue weighted by atomic mass is 16.8. The van der Waals surface area contributed by atoms with E-state index < -0.39 is 102 Å². The zero-order chi connectivity index (χ0) is 39.5. The highest BCUT2D eigenvalue weighted by molar-refractivity contribution is 6.00. The third-order valence-electron chi connectivity index (χ3n) is 11.1. The largest absolute Gasteiger partial charge is 0.509 e. The van der Waals surface area contributed by atoms with Crippen LogP contribution in [0.3, 0.4) is 0 Å². The van der Waals surface area contributed by atoms with Crippen LogP contribution in [0.15, 0.2) is 4.99 Å². The van der Waals surface area contributed by atoms with Crippen molar-refractivity contribution in [2.45, 2.75) is 161 Å². The fraction of sp³-hybridized carbons (Fsp3) is 0.865. The van der Waals surface area contributed by atoms with Gasteiger partial charge >= 0.3 is 12.1 Å². The van der Waals surface area contributed by atoms with Crippen LogP contribution in [0.25, 0.3) is 0 Å². The third-order valence-corrected chi connectivity index (χ3v) is 11.1. The second-order valence-electron chi connectivity index (χ2n) is 15.6. The second kappa shape index (κ2) is 17.7. The van der Waals surface area contributed by atoms with E-state index >= 15 is 0 Å². The predicted octanol–water partition coefficient (Wildman–Crippen LogP) is 2.83. The average molecular weight is 743 g/mol. The number of amides is 1. The van der Waals surface area contributed by atoms with E-state index in [1.807, 2.05) is 32.8 Å². The summed E-state index contributed by atoms with van der Waals surface area (Å²) in [6.07, 6.45) is -7.85. The Balaban J connectivity index is 2.25. The minimum atomic E-state index is -2.00. The van der Waals surface area contributed by atoms with Gasteiger partial charge in [-0.15, -0.1) is 0 Å². The van der Waals surface area contributed by atoms with Crippen LogP contribution in [-0.2, 0) is 42.8 Å². The summed E-state index contributed by atoms with van der Waals surface area (Å²) in [5.41, 5.74) is -3.26. The van der Waals surface area contributed by atoms with Crippen LogP contribution in [0.1, 0.15) is 94.9 Å². The summed E-state index contributed by atoms with van der Waals surface area (Å²) < 4.78 is 36.0. The lowest BCUT2D eigenvalue weighted by molar-refractivity contribution is -0.298. The van der Waals surface area contributed by atoms with Crippen LogP contribution in [0, 0.1) is 23.7 Å². The van der Waals surface area contributed by atoms with E-state index in [2.05, 4.69) is 4.99 Å². The number of aliphatic hydroxyl groups excluding tert-OH is 2. The van der Waals surface area contributed by atoms with E-state index in [0.717, 1.165) is 0 Å². The number of carbonyl (C=O) groups excluding carboxylic acids is 4. The van der Waals surface area contributed by atoms with Crippen LogP contribution in [0.2, 0.25) is 0 Å². The van der Waals surface area contributed by atoms with E-state index in [1.165, 1.54) is 20.8 Å². The molecule has 0 spiro atoms. The number of hydrogen-bond acceptors (Lipinski definition) is 14. The normalized spacial score (nSPS) is 43.5. The Morgan fingerprint density at radius 1 is 0.962 bits per heavy atom. The Hall–Kier alpha value is -2.53. The van der Waals surface area contributed by atoms with Crippen molar-refractivity contribution in [3.8, 4) is 0 Å². The summed E-state index contributed by atoms with van der Waals surface area (Å²) in [6, 6.07) is -0.353. The molecule has 52 heavy (non-hydrogen) atoms. The number of rotatable bonds is 8. The molecule has 3 N–H and O–H groups in total. The standard InChI is InChI=1S/C37H62N2O13/c1-13-25-26(50-35(45)49-25)17-47-36(9)16-18(3)28(38-23(8)40)20(5)31(43)37(10,46)27(14-2)51-33(44)22(7)29(41)21(6)32(36)52-34-30(42)24(39(11)12)15-19(4)48-34/h18-22,24-27,30-32,34,42-43,46H,13-17H2,1-12H3/t18-,19-,20+,21+,22?,24+,25?,26?,27-,30-,31+,32-,34+,36-,37-/m1/s1. The number of Topliss-reactive ketones (excluding diaryl/α,β-unsaturated/α-hetero) is 1. The number of ether oxygens (including phenoxy) is 6. The first-order valence-electron chi connectivity index (χ1n) is 18.5. The topological polar surface area (TPSA) is 200 Å². The zero-order valence-corrected chi connectivity index (χ0v) is 32.9. The van der Waals surface area contributed by atoms with Crippen LogP contribution >= 0.6 is 0 Å². The molecule has 0 aromatic heterocycles. The predicted molar refractivity (Wildman–Crippen MR) is 188 cm³/mol. The number of esters is 1. The molecule has 15 atom stereocenters. The summed E-state index contributed by atoms with van der Waals surface area (Å²) >= 11 is 0. The average Bonchev–Trinajstić information content (AvgIpc) is 3.45. The lowest BCUT2D eigenvalue weighted by Gasteiger charge is -2.47. The first-order chi connectivity index (χ1) is 24.1. The molecule has 298 valence electrons. The molecule has 3 unspecified atom stereocenters. The number of hydrogen-bond donors (Lipinski definition) is 3. The molecular weight excluding hydrogens is 680 g/mol. The quantitative estimate of drug-likeness (QED) is 0.242. The van der Waals surface area contributed by atoms with Crippen molar-refractivity contribution in [2.24, 2.45) is 28.7 Å². The summed E-state index contributed by atoms with van der Waals surface area (Å²) in [4.78, 5) is 58.8. The van der Waals surface area contributed by atoms with Crippen LogP contribution < -0.4 is 0 Å². The molecule has 3 saturated heterocycles. The molecule has 15 heteroatoms. The van der Waals surface area contributed by atoms with Crippen molar-refractivity contribution in [1.29, 1.82) is 0 Å². The Bertz CT molecular complexity index is 1310. The fourth-order valence-corrected chi connectivity index (χ4v) is 7.97. The van der Waals surface area contributed by atoms with Gasteiger partial charge in [0.1, 0.15) is 29.8 Å². The first-order valence-corrected chi connectivity index (χ1v) is 18.5. The maximum Gasteiger partial charge on any atom is 0.509 e. The number of aliphatic imine (C=N–C) groups is 1. The summed E-state index contributed by atoms with van der Waals surface area (Å²) in [5.74, 6) is -6.03. The molecule has 3 fully saturated rings. The SMILES string of the molecule is CCC1OC(=O)OC1CO[C@]1(C)C[C@@H](C)C(=NC(C)=O)[C@H](C)[C@H](O)[C@](C)(O)[C@@H](CC)OC(=O)C(C)C(=O)[C@H](C)[C@H]1O[C@@H]1O[C@H](C)C[C@H](N(C)C)[C@H]1O. The van der Waals surface area contributed by atoms with Gasteiger partial charge in [-0.3, -0.25) is 14.4 Å². The number of nitrogens with zero attached hydrogens (tertiary/aromatic N) is 2. The zero-order valence-electron chi connectivity index (χ0n) is 32.9. The highest BCUT2D eigenvalue weighted by Gasteiger charge is 2.52. The third kappa shape index (κ3) is 9.76. The molecule has 3 aliphatic heterocycles. The summed E-state index contributed by atoms with van der Waals surface area (Å²) in [5, 5.41) is 34.8. The number of ketones is 1. The number of likely N-dealkylation sites (N-methyl/N-ethyl adjacent to an activating group) is 1. The molecule has 3 heterocycles. The molecule has 0 saturated carbocycles. The lowest BCUT2D eigenvalue weighted by atomic mass is 9.73. The van der Waals surface area contributed by atoms with E-state index in [0.29, 0.717) is 12.8 Å². The van der Waals surface area contributed by atoms with Gasteiger partial charge in [-0.05, 0) is 73.4 Å². The molecule has 0 radical (unpaired) electrons. The highest BCUT2D eigenvalue weighted by Crippen LogP contribution is 2.39. The molecule has 1 amide bonds. The van der Waals surface area contributed by atoms with Crippen LogP contribution in [0.4, 0.5) is 4.79 Å². The van der Waals surface area contributed by atoms with Gasteiger partial charge in [0.2, 0.25) is 5.91 Å². The molecule has 3 aliphatic rings. The molecule has 15 nitrogen and oxygen atoms in total. The summed E-state index contributed by atoms with van der Waals surface area (Å²) in [7, 11) is 3.67. The van der Waals surface area contributed by atoms with Gasteiger partial charge in [-0.25, -0.2) is 9.79 Å². The molecule has 0 bridgehead atoms. The van der Waals surface area contributed by atoms with Crippen molar-refractivity contribution in [1.82, 2.24) is 4.90 Å². The second-order valence-corrected chi connectivity index (χ2v) is 15.6. The molecule has 0 aromatic carbocycles. The van der Waals surface area contributed by atoms with Gasteiger partial charge in [0.05, 0.1) is 30.5 Å². The maximum atomic E-state index is 14.3. The van der Waals surface area contributed by atoms with Gasteiger partial charge < -0.3 is 48.6 Å². The van der Waals surface area contributed by atoms with E-state index in [4.69, 9.17) is 28.4 Å². The van der Waals surface area contributed by atoms with E-state index in [1.54, 1.807) is 34.6 Å². The minimum Gasteiger partial charge on any atom is -0.459 e. The van der Waals surface area contributed by atoms with Gasteiger partial charge in [-0.1, -0.05) is 34.6 Å². The minimum absolute atomic E-state index is 0.0183. The van der Waals surface area contributed by atoms with Crippen molar-refractivity contribution < 1.29 is 62.9 Å². The maximum absolute atomic E-state index is 14.3. The van der Waals surface area contributed by atoms with Crippen molar-refractivity contribution in [2.75, 3.05) is 20.7 Å². The Morgan fingerprint density at radius 2 is 1.58 bits per heavy atom. The molecular formula is C37H62N2O13. The van der Waals surface area contributed by atoms with Gasteiger partial charge in [-0.2, -0.15) is 0 Å². The van der Waals surface area contributed by atoms with Crippen LogP contribution in [-0.4, -0.2) is 137 Å². The Morgan fingerprint density at radius 3 is 2.13 bits per heavy atom. The first kappa shape index (κ1) is 43.9.